The molecule has 22 heavy (non-hydrogen) atoms. The van der Waals surface area contributed by atoms with Crippen LogP contribution in [0.1, 0.15) is 11.3 Å². The van der Waals surface area contributed by atoms with Gasteiger partial charge >= 0.3 is 0 Å². The van der Waals surface area contributed by atoms with Gasteiger partial charge in [0.1, 0.15) is 5.69 Å². The van der Waals surface area contributed by atoms with Gasteiger partial charge in [0.15, 0.2) is 5.82 Å². The predicted molar refractivity (Wildman–Crippen MR) is 87.5 cm³/mol. The molecule has 0 radical (unpaired) electrons. The molecule has 0 bridgehead atoms. The molecule has 0 atom stereocenters. The van der Waals surface area contributed by atoms with Gasteiger partial charge in [0.05, 0.1) is 11.0 Å². The van der Waals surface area contributed by atoms with Crippen molar-refractivity contribution >= 4 is 11.0 Å². The molecule has 0 spiro atoms. The van der Waals surface area contributed by atoms with Gasteiger partial charge in [-0.1, -0.05) is 42.5 Å². The van der Waals surface area contributed by atoms with Crippen molar-refractivity contribution < 1.29 is 0 Å². The summed E-state index contributed by atoms with van der Waals surface area (Å²) in [6, 6.07) is 20.6. The Bertz CT molecular complexity index is 857. The molecule has 4 nitrogen and oxygen atoms in total. The molecule has 2 N–H and O–H groups in total. The highest BCUT2D eigenvalue weighted by molar-refractivity contribution is 5.78. The summed E-state index contributed by atoms with van der Waals surface area (Å²) < 4.78 is 0. The van der Waals surface area contributed by atoms with Crippen LogP contribution in [0.25, 0.3) is 22.6 Å². The van der Waals surface area contributed by atoms with Crippen molar-refractivity contribution in [1.82, 2.24) is 20.2 Å². The lowest BCUT2D eigenvalue weighted by Gasteiger charge is -1.98. The Morgan fingerprint density at radius 3 is 2.55 bits per heavy atom. The first-order valence-electron chi connectivity index (χ1n) is 7.42. The Labute approximate surface area is 128 Å². The zero-order valence-corrected chi connectivity index (χ0v) is 12.1. The summed E-state index contributed by atoms with van der Waals surface area (Å²) in [5.74, 6) is 0.809. The summed E-state index contributed by atoms with van der Waals surface area (Å²) in [4.78, 5) is 7.88. The van der Waals surface area contributed by atoms with Crippen molar-refractivity contribution in [3.8, 4) is 11.5 Å². The van der Waals surface area contributed by atoms with Crippen LogP contribution in [0.5, 0.6) is 0 Å². The zero-order valence-electron chi connectivity index (χ0n) is 12.1. The highest BCUT2D eigenvalue weighted by atomic mass is 15.1. The summed E-state index contributed by atoms with van der Waals surface area (Å²) in [6.07, 6.45) is 1.94. The van der Waals surface area contributed by atoms with E-state index in [2.05, 4.69) is 50.5 Å². The SMILES string of the molecule is c1ccc(CCc2cc(-c3nc4ccccc4[nH]3)n[nH]2)cc1. The van der Waals surface area contributed by atoms with Crippen molar-refractivity contribution in [2.75, 3.05) is 0 Å². The first kappa shape index (κ1) is 12.8. The van der Waals surface area contributed by atoms with Crippen LogP contribution in [-0.2, 0) is 12.8 Å². The van der Waals surface area contributed by atoms with E-state index < -0.39 is 0 Å². The van der Waals surface area contributed by atoms with Crippen molar-refractivity contribution in [3.05, 3.63) is 71.9 Å². The highest BCUT2D eigenvalue weighted by Gasteiger charge is 2.09. The molecule has 2 aromatic heterocycles. The van der Waals surface area contributed by atoms with Crippen LogP contribution in [-0.4, -0.2) is 20.2 Å². The number of para-hydroxylation sites is 2. The van der Waals surface area contributed by atoms with Gasteiger partial charge in [0, 0.05) is 5.69 Å². The van der Waals surface area contributed by atoms with E-state index in [0.29, 0.717) is 0 Å². The second-order valence-corrected chi connectivity index (χ2v) is 5.37. The quantitative estimate of drug-likeness (QED) is 0.601. The van der Waals surface area contributed by atoms with Crippen LogP contribution in [0, 0.1) is 0 Å². The molecule has 0 aliphatic carbocycles. The molecule has 4 rings (SSSR count). The zero-order chi connectivity index (χ0) is 14.8. The molecule has 0 fully saturated rings. The van der Waals surface area contributed by atoms with Gasteiger partial charge in [0.2, 0.25) is 0 Å². The van der Waals surface area contributed by atoms with Gasteiger partial charge in [-0.25, -0.2) is 4.98 Å². The molecule has 0 unspecified atom stereocenters. The number of H-pyrrole nitrogens is 2. The van der Waals surface area contributed by atoms with Crippen molar-refractivity contribution in [2.24, 2.45) is 0 Å². The van der Waals surface area contributed by atoms with Gasteiger partial charge < -0.3 is 4.98 Å². The summed E-state index contributed by atoms with van der Waals surface area (Å²) in [6.45, 7) is 0. The van der Waals surface area contributed by atoms with Crippen LogP contribution < -0.4 is 0 Å². The lowest BCUT2D eigenvalue weighted by Crippen LogP contribution is -1.90. The minimum Gasteiger partial charge on any atom is -0.337 e. The van der Waals surface area contributed by atoms with Crippen molar-refractivity contribution in [2.45, 2.75) is 12.8 Å². The fourth-order valence-corrected chi connectivity index (χ4v) is 2.61. The smallest absolute Gasteiger partial charge is 0.159 e. The topological polar surface area (TPSA) is 57.4 Å². The number of aryl methyl sites for hydroxylation is 2. The number of nitrogens with one attached hydrogen (secondary N) is 2. The van der Waals surface area contributed by atoms with E-state index in [1.165, 1.54) is 5.56 Å². The third-order valence-electron chi connectivity index (χ3n) is 3.79. The standard InChI is InChI=1S/C18H16N4/c1-2-6-13(7-3-1)10-11-14-12-17(22-21-14)18-19-15-8-4-5-9-16(15)20-18/h1-9,12H,10-11H2,(H,19,20)(H,21,22). The fraction of sp³-hybridized carbons (Fsp3) is 0.111. The Hall–Kier alpha value is -2.88. The number of rotatable bonds is 4. The average Bonchev–Trinajstić information content (AvgIpc) is 3.20. The predicted octanol–water partition coefficient (Wildman–Crippen LogP) is 3.74. The van der Waals surface area contributed by atoms with E-state index in [-0.39, 0.29) is 0 Å². The Balaban J connectivity index is 1.53. The third kappa shape index (κ3) is 2.51. The number of fused-ring (bicyclic) bond motifs is 1. The number of nitrogens with zero attached hydrogens (tertiary/aromatic N) is 2. The first-order chi connectivity index (χ1) is 10.9. The lowest BCUT2D eigenvalue weighted by molar-refractivity contribution is 0.893. The molecule has 0 saturated carbocycles. The number of hydrogen-bond acceptors (Lipinski definition) is 2. The first-order valence-corrected chi connectivity index (χ1v) is 7.42. The van der Waals surface area contributed by atoms with E-state index in [1.54, 1.807) is 0 Å². The summed E-state index contributed by atoms with van der Waals surface area (Å²) in [5, 5.41) is 7.48. The number of aromatic amines is 2. The molecule has 0 aliphatic rings. The number of aromatic nitrogens is 4. The molecular formula is C18H16N4. The van der Waals surface area contributed by atoms with Gasteiger partial charge in [-0.15, -0.1) is 0 Å². The van der Waals surface area contributed by atoms with E-state index in [9.17, 15) is 0 Å². The number of hydrogen-bond donors (Lipinski definition) is 2. The molecule has 2 heterocycles. The largest absolute Gasteiger partial charge is 0.337 e. The van der Waals surface area contributed by atoms with E-state index in [1.807, 2.05) is 30.3 Å². The monoisotopic (exact) mass is 288 g/mol. The molecule has 0 aliphatic heterocycles. The normalized spacial score (nSPS) is 11.1. The molecule has 108 valence electrons. The Morgan fingerprint density at radius 2 is 1.68 bits per heavy atom. The van der Waals surface area contributed by atoms with Crippen LogP contribution in [0.2, 0.25) is 0 Å². The van der Waals surface area contributed by atoms with Crippen molar-refractivity contribution in [3.63, 3.8) is 0 Å². The lowest BCUT2D eigenvalue weighted by atomic mass is 10.1. The summed E-state index contributed by atoms with van der Waals surface area (Å²) in [5.41, 5.74) is 5.32. The Morgan fingerprint density at radius 1 is 0.864 bits per heavy atom. The molecule has 0 amide bonds. The maximum atomic E-state index is 4.58. The fourth-order valence-electron chi connectivity index (χ4n) is 2.61. The maximum Gasteiger partial charge on any atom is 0.159 e. The molecule has 4 heteroatoms. The van der Waals surface area contributed by atoms with Crippen LogP contribution >= 0.6 is 0 Å². The molecular weight excluding hydrogens is 272 g/mol. The second kappa shape index (κ2) is 5.48. The maximum absolute atomic E-state index is 4.58. The van der Waals surface area contributed by atoms with Gasteiger partial charge in [-0.3, -0.25) is 5.10 Å². The highest BCUT2D eigenvalue weighted by Crippen LogP contribution is 2.19. The van der Waals surface area contributed by atoms with Gasteiger partial charge in [-0.05, 0) is 36.6 Å². The minimum atomic E-state index is 0.809. The number of benzene rings is 2. The van der Waals surface area contributed by atoms with Crippen molar-refractivity contribution in [1.29, 1.82) is 0 Å². The Kier molecular flexibility index (Phi) is 3.20. The van der Waals surface area contributed by atoms with Crippen LogP contribution in [0.3, 0.4) is 0 Å². The van der Waals surface area contributed by atoms with Crippen LogP contribution in [0.15, 0.2) is 60.7 Å². The van der Waals surface area contributed by atoms with E-state index in [4.69, 9.17) is 0 Å². The molecule has 0 saturated heterocycles. The van der Waals surface area contributed by atoms with Crippen LogP contribution in [0.4, 0.5) is 0 Å². The average molecular weight is 288 g/mol. The molecule has 4 aromatic rings. The van der Waals surface area contributed by atoms with Gasteiger partial charge in [-0.2, -0.15) is 5.10 Å². The minimum absolute atomic E-state index is 0.809. The van der Waals surface area contributed by atoms with E-state index >= 15 is 0 Å². The van der Waals surface area contributed by atoms with E-state index in [0.717, 1.165) is 41.1 Å². The number of imidazole rings is 1. The second-order valence-electron chi connectivity index (χ2n) is 5.37. The molecule has 2 aromatic carbocycles. The summed E-state index contributed by atoms with van der Waals surface area (Å²) >= 11 is 0. The summed E-state index contributed by atoms with van der Waals surface area (Å²) in [7, 11) is 0. The third-order valence-corrected chi connectivity index (χ3v) is 3.79. The van der Waals surface area contributed by atoms with Gasteiger partial charge in [0.25, 0.3) is 0 Å².